The first-order valence-electron chi connectivity index (χ1n) is 6.65. The minimum absolute atomic E-state index is 0.0864. The quantitative estimate of drug-likeness (QED) is 0.744. The molecule has 0 saturated heterocycles. The van der Waals surface area contributed by atoms with Gasteiger partial charge in [-0.15, -0.1) is 0 Å². The van der Waals surface area contributed by atoms with Crippen molar-refractivity contribution in [3.63, 3.8) is 0 Å². The van der Waals surface area contributed by atoms with Crippen LogP contribution in [0.4, 0.5) is 13.2 Å². The molecule has 0 aliphatic rings. The zero-order valence-electron chi connectivity index (χ0n) is 12.6. The summed E-state index contributed by atoms with van der Waals surface area (Å²) in [5, 5.41) is 9.12. The second-order valence-electron chi connectivity index (χ2n) is 6.21. The summed E-state index contributed by atoms with van der Waals surface area (Å²) in [5.41, 5.74) is -0.0412. The highest BCUT2D eigenvalue weighted by molar-refractivity contribution is 6.33. The van der Waals surface area contributed by atoms with Crippen LogP contribution in [0.1, 0.15) is 50.6 Å². The molecule has 118 valence electrons. The van der Waals surface area contributed by atoms with E-state index in [1.54, 1.807) is 6.92 Å². The third-order valence-electron chi connectivity index (χ3n) is 3.35. The first-order chi connectivity index (χ1) is 9.96. The first kappa shape index (κ1) is 16.6. The van der Waals surface area contributed by atoms with Crippen LogP contribution >= 0.6 is 11.6 Å². The van der Waals surface area contributed by atoms with Crippen molar-refractivity contribution < 1.29 is 13.2 Å². The summed E-state index contributed by atoms with van der Waals surface area (Å²) in [5.74, 6) is -0.608. The molecule has 0 N–H and O–H groups in total. The topological polar surface area (TPSA) is 41.1 Å². The minimum Gasteiger partial charge on any atom is -0.301 e. The summed E-state index contributed by atoms with van der Waals surface area (Å²) in [7, 11) is 0. The lowest BCUT2D eigenvalue weighted by Gasteiger charge is -2.19. The van der Waals surface area contributed by atoms with Crippen LogP contribution in [0.25, 0.3) is 5.65 Å². The molecule has 1 atom stereocenters. The zero-order chi connectivity index (χ0) is 16.9. The molecule has 3 nitrogen and oxygen atoms in total. The number of imidazole rings is 1. The van der Waals surface area contributed by atoms with Crippen molar-refractivity contribution in [2.75, 3.05) is 0 Å². The Balaban J connectivity index is 2.91. The maximum absolute atomic E-state index is 13.0. The Morgan fingerprint density at radius 3 is 2.36 bits per heavy atom. The van der Waals surface area contributed by atoms with E-state index in [9.17, 15) is 18.4 Å². The Bertz CT molecular complexity index is 763. The molecule has 0 aromatic carbocycles. The van der Waals surface area contributed by atoms with E-state index in [4.69, 9.17) is 11.6 Å². The molecule has 22 heavy (non-hydrogen) atoms. The van der Waals surface area contributed by atoms with Crippen molar-refractivity contribution in [2.24, 2.45) is 0 Å². The van der Waals surface area contributed by atoms with Gasteiger partial charge in [0.05, 0.1) is 34.0 Å². The molecule has 2 aromatic heterocycles. The lowest BCUT2D eigenvalue weighted by molar-refractivity contribution is -0.137. The van der Waals surface area contributed by atoms with Gasteiger partial charge < -0.3 is 4.40 Å². The van der Waals surface area contributed by atoms with Crippen LogP contribution in [0, 0.1) is 11.3 Å². The average molecular weight is 330 g/mol. The van der Waals surface area contributed by atoms with Crippen LogP contribution < -0.4 is 0 Å². The van der Waals surface area contributed by atoms with E-state index in [1.807, 2.05) is 20.8 Å². The lowest BCUT2D eigenvalue weighted by atomic mass is 9.88. The maximum Gasteiger partial charge on any atom is 0.417 e. The lowest BCUT2D eigenvalue weighted by Crippen LogP contribution is -2.16. The number of fused-ring (bicyclic) bond motifs is 1. The van der Waals surface area contributed by atoms with E-state index in [-0.39, 0.29) is 10.7 Å². The number of halogens is 4. The predicted octanol–water partition coefficient (Wildman–Crippen LogP) is 4.93. The van der Waals surface area contributed by atoms with Crippen molar-refractivity contribution >= 4 is 17.2 Å². The number of aromatic nitrogens is 2. The Morgan fingerprint density at radius 1 is 1.32 bits per heavy atom. The molecule has 7 heteroatoms. The minimum atomic E-state index is -4.52. The van der Waals surface area contributed by atoms with E-state index >= 15 is 0 Å². The van der Waals surface area contributed by atoms with Crippen LogP contribution in [0.5, 0.6) is 0 Å². The molecule has 0 aliphatic heterocycles. The zero-order valence-corrected chi connectivity index (χ0v) is 13.3. The molecular formula is C15H15ClF3N3. The second-order valence-corrected chi connectivity index (χ2v) is 6.62. The van der Waals surface area contributed by atoms with Crippen LogP contribution in [0.3, 0.4) is 0 Å². The Hall–Kier alpha value is -1.74. The number of hydrogen-bond acceptors (Lipinski definition) is 2. The highest BCUT2D eigenvalue weighted by atomic mass is 35.5. The fourth-order valence-corrected chi connectivity index (χ4v) is 2.55. The van der Waals surface area contributed by atoms with Gasteiger partial charge >= 0.3 is 6.18 Å². The number of alkyl halides is 3. The summed E-state index contributed by atoms with van der Waals surface area (Å²) in [6.45, 7) is 7.30. The van der Waals surface area contributed by atoms with Crippen LogP contribution in [0.2, 0.25) is 5.02 Å². The van der Waals surface area contributed by atoms with Gasteiger partial charge in [0, 0.05) is 11.6 Å². The standard InChI is InChI=1S/C15H15ClF3N3/c1-8(6-20)11-12(14(2,3)4)21-13-10(16)5-9(7-22(11)13)15(17,18)19/h5,7-8H,1-4H3. The number of nitriles is 1. The molecule has 2 heterocycles. The van der Waals surface area contributed by atoms with Gasteiger partial charge in [0.25, 0.3) is 0 Å². The van der Waals surface area contributed by atoms with Gasteiger partial charge in [0.1, 0.15) is 0 Å². The highest BCUT2D eigenvalue weighted by Crippen LogP contribution is 2.36. The van der Waals surface area contributed by atoms with Crippen molar-refractivity contribution in [1.29, 1.82) is 5.26 Å². The third-order valence-corrected chi connectivity index (χ3v) is 3.63. The van der Waals surface area contributed by atoms with Crippen molar-refractivity contribution in [3.05, 3.63) is 34.2 Å². The summed E-state index contributed by atoms with van der Waals surface area (Å²) >= 11 is 5.99. The monoisotopic (exact) mass is 329 g/mol. The van der Waals surface area contributed by atoms with E-state index in [1.165, 1.54) is 4.40 Å². The van der Waals surface area contributed by atoms with Gasteiger partial charge in [-0.05, 0) is 13.0 Å². The van der Waals surface area contributed by atoms with E-state index < -0.39 is 23.1 Å². The number of pyridine rings is 1. The molecule has 0 bridgehead atoms. The van der Waals surface area contributed by atoms with Crippen LogP contribution in [-0.2, 0) is 11.6 Å². The van der Waals surface area contributed by atoms with Gasteiger partial charge in [-0.3, -0.25) is 0 Å². The number of rotatable bonds is 1. The largest absolute Gasteiger partial charge is 0.417 e. The SMILES string of the molecule is CC(C#N)c1c(C(C)(C)C)nc2c(Cl)cc(C(F)(F)F)cn12. The fraction of sp³-hybridized carbons (Fsp3) is 0.467. The summed E-state index contributed by atoms with van der Waals surface area (Å²) in [6.07, 6.45) is -3.57. The average Bonchev–Trinajstić information content (AvgIpc) is 2.76. The maximum atomic E-state index is 13.0. The van der Waals surface area contributed by atoms with Gasteiger partial charge in [0.15, 0.2) is 5.65 Å². The predicted molar refractivity (Wildman–Crippen MR) is 77.9 cm³/mol. The molecule has 0 spiro atoms. The molecule has 0 fully saturated rings. The smallest absolute Gasteiger partial charge is 0.301 e. The van der Waals surface area contributed by atoms with Gasteiger partial charge in [-0.25, -0.2) is 4.98 Å². The Morgan fingerprint density at radius 2 is 1.91 bits per heavy atom. The Labute approximate surface area is 131 Å². The van der Waals surface area contributed by atoms with Crippen LogP contribution in [0.15, 0.2) is 12.3 Å². The van der Waals surface area contributed by atoms with Crippen molar-refractivity contribution in [3.8, 4) is 6.07 Å². The van der Waals surface area contributed by atoms with Crippen molar-refractivity contribution in [1.82, 2.24) is 9.38 Å². The summed E-state index contributed by atoms with van der Waals surface area (Å²) in [6, 6.07) is 2.92. The molecule has 0 aliphatic carbocycles. The number of nitrogens with zero attached hydrogens (tertiary/aromatic N) is 3. The Kier molecular flexibility index (Phi) is 3.90. The fourth-order valence-electron chi connectivity index (χ4n) is 2.30. The van der Waals surface area contributed by atoms with E-state index in [0.717, 1.165) is 12.3 Å². The van der Waals surface area contributed by atoms with Gasteiger partial charge in [0.2, 0.25) is 0 Å². The van der Waals surface area contributed by atoms with E-state index in [2.05, 4.69) is 11.1 Å². The molecular weight excluding hydrogens is 315 g/mol. The van der Waals surface area contributed by atoms with Gasteiger partial charge in [-0.1, -0.05) is 32.4 Å². The second kappa shape index (κ2) is 5.17. The molecule has 2 rings (SSSR count). The molecule has 0 amide bonds. The third kappa shape index (κ3) is 2.78. The normalized spacial score (nSPS) is 14.1. The number of hydrogen-bond donors (Lipinski definition) is 0. The highest BCUT2D eigenvalue weighted by Gasteiger charge is 2.34. The summed E-state index contributed by atoms with van der Waals surface area (Å²) < 4.78 is 40.3. The van der Waals surface area contributed by atoms with Crippen LogP contribution in [-0.4, -0.2) is 9.38 Å². The molecule has 1 unspecified atom stereocenters. The molecule has 0 saturated carbocycles. The van der Waals surface area contributed by atoms with E-state index in [0.29, 0.717) is 11.4 Å². The summed E-state index contributed by atoms with van der Waals surface area (Å²) in [4.78, 5) is 4.39. The molecule has 2 aromatic rings. The first-order valence-corrected chi connectivity index (χ1v) is 7.03. The van der Waals surface area contributed by atoms with Crippen molar-refractivity contribution in [2.45, 2.75) is 45.2 Å². The van der Waals surface area contributed by atoms with Gasteiger partial charge in [-0.2, -0.15) is 18.4 Å². The molecule has 0 radical (unpaired) electrons.